The first-order chi connectivity index (χ1) is 10.3. The van der Waals surface area contributed by atoms with Crippen molar-refractivity contribution in [3.05, 3.63) is 54.1 Å². The molecule has 4 nitrogen and oxygen atoms in total. The smallest absolute Gasteiger partial charge is 0.249 e. The molecule has 124 valence electrons. The molecule has 0 radical (unpaired) electrons. The zero-order chi connectivity index (χ0) is 17.7. The van der Waals surface area contributed by atoms with E-state index in [4.69, 9.17) is 10.5 Å². The Morgan fingerprint density at radius 1 is 1.04 bits per heavy atom. The molecule has 0 saturated carbocycles. The summed E-state index contributed by atoms with van der Waals surface area (Å²) in [6.07, 6.45) is 3.48. The Bertz CT molecular complexity index is 820. The maximum absolute atomic E-state index is 11.7. The third-order valence-corrected chi connectivity index (χ3v) is 4.15. The van der Waals surface area contributed by atoms with E-state index in [2.05, 4.69) is 12.6 Å². The Hall–Kier alpha value is -1.75. The molecule has 5 heteroatoms. The van der Waals surface area contributed by atoms with E-state index in [1.807, 2.05) is 47.6 Å². The third kappa shape index (κ3) is 3.15. The fourth-order valence-electron chi connectivity index (χ4n) is 2.24. The van der Waals surface area contributed by atoms with Crippen molar-refractivity contribution >= 4 is 24.4 Å². The van der Waals surface area contributed by atoms with Crippen molar-refractivity contribution in [3.8, 4) is 0 Å². The lowest BCUT2D eigenvalue weighted by Gasteiger charge is -2.34. The van der Waals surface area contributed by atoms with Crippen molar-refractivity contribution in [2.24, 2.45) is 10.8 Å². The normalized spacial score (nSPS) is 18.4. The molecule has 0 saturated heterocycles. The SMILES string of the molecule is CC(C)(C)C1=CC(=Cc2c(N)c(=O)c2=O)C(S)=C(C(C)(C)C)O1. The van der Waals surface area contributed by atoms with Crippen LogP contribution in [0.3, 0.4) is 0 Å². The van der Waals surface area contributed by atoms with Crippen molar-refractivity contribution in [2.45, 2.75) is 41.5 Å². The van der Waals surface area contributed by atoms with Gasteiger partial charge in [0.25, 0.3) is 0 Å². The van der Waals surface area contributed by atoms with E-state index in [9.17, 15) is 9.59 Å². The van der Waals surface area contributed by atoms with Gasteiger partial charge >= 0.3 is 0 Å². The van der Waals surface area contributed by atoms with E-state index in [1.54, 1.807) is 6.08 Å². The van der Waals surface area contributed by atoms with Crippen LogP contribution in [0.2, 0.25) is 0 Å². The quantitative estimate of drug-likeness (QED) is 0.610. The molecular formula is C18H23NO3S. The lowest BCUT2D eigenvalue weighted by molar-refractivity contribution is 0.160. The summed E-state index contributed by atoms with van der Waals surface area (Å²) in [4.78, 5) is 23.6. The summed E-state index contributed by atoms with van der Waals surface area (Å²) in [5, 5.41) is 0. The van der Waals surface area contributed by atoms with E-state index < -0.39 is 10.9 Å². The minimum absolute atomic E-state index is 0.0122. The van der Waals surface area contributed by atoms with Crippen LogP contribution < -0.4 is 16.6 Å². The van der Waals surface area contributed by atoms with Crippen molar-refractivity contribution in [1.29, 1.82) is 0 Å². The highest BCUT2D eigenvalue weighted by Gasteiger charge is 2.32. The van der Waals surface area contributed by atoms with Gasteiger partial charge in [-0.25, -0.2) is 0 Å². The number of nitrogens with two attached hydrogens (primary N) is 1. The van der Waals surface area contributed by atoms with Gasteiger partial charge in [-0.3, -0.25) is 9.59 Å². The van der Waals surface area contributed by atoms with Crippen molar-refractivity contribution in [1.82, 2.24) is 0 Å². The lowest BCUT2D eigenvalue weighted by atomic mass is 9.86. The van der Waals surface area contributed by atoms with Crippen LogP contribution >= 0.6 is 12.6 Å². The Kier molecular flexibility index (Phi) is 4.14. The molecule has 0 spiro atoms. The Morgan fingerprint density at radius 2 is 1.61 bits per heavy atom. The van der Waals surface area contributed by atoms with Crippen LogP contribution in [-0.4, -0.2) is 0 Å². The standard InChI is InChI=1S/C18H23NO3S/c1-17(2,3)11-8-9(7-10-12(19)14(21)13(10)20)15(23)16(22-11)18(4,5)6/h7-8,23H,19H2,1-6H3. The molecular weight excluding hydrogens is 310 g/mol. The third-order valence-electron chi connectivity index (χ3n) is 3.69. The molecule has 1 heterocycles. The number of thiol groups is 1. The summed E-state index contributed by atoms with van der Waals surface area (Å²) in [5.74, 6) is 1.51. The van der Waals surface area contributed by atoms with Gasteiger partial charge in [-0.05, 0) is 17.7 Å². The van der Waals surface area contributed by atoms with Gasteiger partial charge in [-0.1, -0.05) is 41.5 Å². The monoisotopic (exact) mass is 333 g/mol. The van der Waals surface area contributed by atoms with Crippen LogP contribution in [0.15, 0.2) is 37.7 Å². The number of hydrogen-bond donors (Lipinski definition) is 2. The van der Waals surface area contributed by atoms with E-state index in [-0.39, 0.29) is 22.1 Å². The van der Waals surface area contributed by atoms with Crippen LogP contribution in [0.4, 0.5) is 5.69 Å². The minimum atomic E-state index is -0.621. The Morgan fingerprint density at radius 3 is 2.04 bits per heavy atom. The molecule has 2 rings (SSSR count). The summed E-state index contributed by atoms with van der Waals surface area (Å²) >= 11 is 4.58. The molecule has 0 aliphatic carbocycles. The maximum atomic E-state index is 11.7. The first-order valence-electron chi connectivity index (χ1n) is 7.48. The molecule has 0 unspecified atom stereocenters. The maximum Gasteiger partial charge on any atom is 0.249 e. The van der Waals surface area contributed by atoms with E-state index in [1.165, 1.54) is 0 Å². The van der Waals surface area contributed by atoms with Gasteiger partial charge in [-0.2, -0.15) is 0 Å². The average Bonchev–Trinajstić information content (AvgIpc) is 2.42. The molecule has 1 aliphatic rings. The van der Waals surface area contributed by atoms with E-state index in [0.717, 1.165) is 17.1 Å². The minimum Gasteiger partial charge on any atom is -0.464 e. The highest BCUT2D eigenvalue weighted by Crippen LogP contribution is 2.43. The van der Waals surface area contributed by atoms with Gasteiger partial charge in [-0.15, -0.1) is 12.6 Å². The number of hydrogen-bond acceptors (Lipinski definition) is 5. The second kappa shape index (κ2) is 5.41. The first kappa shape index (κ1) is 17.6. The van der Waals surface area contributed by atoms with Gasteiger partial charge in [0.1, 0.15) is 11.5 Å². The van der Waals surface area contributed by atoms with Crippen LogP contribution in [0.5, 0.6) is 0 Å². The van der Waals surface area contributed by atoms with Gasteiger partial charge < -0.3 is 10.5 Å². The second-order valence-electron chi connectivity index (χ2n) is 7.87. The van der Waals surface area contributed by atoms with Gasteiger partial charge in [0.2, 0.25) is 10.9 Å². The number of rotatable bonds is 1. The fourth-order valence-corrected chi connectivity index (χ4v) is 2.75. The molecule has 0 bridgehead atoms. The van der Waals surface area contributed by atoms with Gasteiger partial charge in [0, 0.05) is 10.8 Å². The zero-order valence-electron chi connectivity index (χ0n) is 14.4. The summed E-state index contributed by atoms with van der Waals surface area (Å²) < 4.78 is 6.09. The number of anilines is 1. The first-order valence-corrected chi connectivity index (χ1v) is 7.93. The fraction of sp³-hybridized carbons (Fsp3) is 0.444. The number of ether oxygens (including phenoxy) is 1. The summed E-state index contributed by atoms with van der Waals surface area (Å²) in [7, 11) is 0. The lowest BCUT2D eigenvalue weighted by Crippen LogP contribution is -2.36. The highest BCUT2D eigenvalue weighted by molar-refractivity contribution is 7.84. The Balaban J connectivity index is 2.65. The molecule has 0 amide bonds. The molecule has 23 heavy (non-hydrogen) atoms. The zero-order valence-corrected chi connectivity index (χ0v) is 15.3. The topological polar surface area (TPSA) is 69.4 Å². The molecule has 1 aliphatic heterocycles. The highest BCUT2D eigenvalue weighted by atomic mass is 32.1. The summed E-state index contributed by atoms with van der Waals surface area (Å²) in [5.41, 5.74) is 4.99. The average molecular weight is 333 g/mol. The van der Waals surface area contributed by atoms with Crippen molar-refractivity contribution in [2.75, 3.05) is 5.73 Å². The van der Waals surface area contributed by atoms with E-state index in [0.29, 0.717) is 4.91 Å². The predicted octanol–water partition coefficient (Wildman–Crippen LogP) is 3.40. The van der Waals surface area contributed by atoms with Crippen LogP contribution in [0.25, 0.3) is 6.08 Å². The van der Waals surface area contributed by atoms with Crippen LogP contribution in [0.1, 0.15) is 47.1 Å². The molecule has 1 aromatic rings. The van der Waals surface area contributed by atoms with Crippen LogP contribution in [0, 0.1) is 10.8 Å². The second-order valence-corrected chi connectivity index (χ2v) is 8.32. The molecule has 1 aromatic carbocycles. The van der Waals surface area contributed by atoms with E-state index >= 15 is 0 Å². The number of nitrogen functional groups attached to an aromatic ring is 1. The summed E-state index contributed by atoms with van der Waals surface area (Å²) in [6, 6.07) is 0. The predicted molar refractivity (Wildman–Crippen MR) is 97.8 cm³/mol. The molecule has 0 atom stereocenters. The van der Waals surface area contributed by atoms with Crippen LogP contribution in [-0.2, 0) is 4.74 Å². The molecule has 0 fully saturated rings. The molecule has 0 aromatic heterocycles. The Labute approximate surface area is 141 Å². The summed E-state index contributed by atoms with van der Waals surface area (Å²) in [6.45, 7) is 12.2. The molecule has 2 N–H and O–H groups in total. The largest absolute Gasteiger partial charge is 0.464 e. The van der Waals surface area contributed by atoms with Gasteiger partial charge in [0.15, 0.2) is 0 Å². The van der Waals surface area contributed by atoms with Crippen molar-refractivity contribution < 1.29 is 4.74 Å². The van der Waals surface area contributed by atoms with Crippen molar-refractivity contribution in [3.63, 3.8) is 0 Å². The number of allylic oxidation sites excluding steroid dienone is 4. The van der Waals surface area contributed by atoms with Gasteiger partial charge in [0.05, 0.1) is 16.2 Å².